The third kappa shape index (κ3) is 3.21. The molecule has 4 rings (SSSR count). The summed E-state index contributed by atoms with van der Waals surface area (Å²) < 4.78 is 7.53. The van der Waals surface area contributed by atoms with Crippen LogP contribution in [0.25, 0.3) is 16.4 Å². The fourth-order valence-electron chi connectivity index (χ4n) is 2.83. The zero-order chi connectivity index (χ0) is 17.9. The van der Waals surface area contributed by atoms with E-state index in [9.17, 15) is 4.79 Å². The molecule has 0 atom stereocenters. The fourth-order valence-corrected chi connectivity index (χ4v) is 2.83. The molecular weight excluding hydrogens is 328 g/mol. The molecule has 2 aromatic carbocycles. The number of nitrogens with zero attached hydrogens (tertiary/aromatic N) is 3. The summed E-state index contributed by atoms with van der Waals surface area (Å²) in [6.45, 7) is 2.67. The highest BCUT2D eigenvalue weighted by Gasteiger charge is 2.08. The van der Waals surface area contributed by atoms with Gasteiger partial charge in [0.1, 0.15) is 18.2 Å². The summed E-state index contributed by atoms with van der Waals surface area (Å²) in [6, 6.07) is 17.6. The Bertz CT molecular complexity index is 1090. The molecule has 0 fully saturated rings. The molecule has 0 bridgehead atoms. The second-order valence-corrected chi connectivity index (χ2v) is 6.01. The Balaban J connectivity index is 1.34. The average Bonchev–Trinajstić information content (AvgIpc) is 3.05. The van der Waals surface area contributed by atoms with Crippen molar-refractivity contribution in [1.82, 2.24) is 19.9 Å². The van der Waals surface area contributed by atoms with Crippen LogP contribution in [-0.4, -0.2) is 33.7 Å². The van der Waals surface area contributed by atoms with Gasteiger partial charge in [0.15, 0.2) is 5.65 Å². The van der Waals surface area contributed by atoms with E-state index in [0.717, 1.165) is 22.6 Å². The van der Waals surface area contributed by atoms with Gasteiger partial charge >= 0.3 is 0 Å². The highest BCUT2D eigenvalue weighted by molar-refractivity contribution is 5.94. The SMILES string of the molecule is Cc1nnc2ccc(C(=O)NCCOc3ccc4ccccc4c3)cn12. The Morgan fingerprint density at radius 2 is 1.92 bits per heavy atom. The molecule has 26 heavy (non-hydrogen) atoms. The molecule has 6 nitrogen and oxygen atoms in total. The second-order valence-electron chi connectivity index (χ2n) is 6.01. The number of ether oxygens (including phenoxy) is 1. The van der Waals surface area contributed by atoms with Crippen molar-refractivity contribution in [3.63, 3.8) is 0 Å². The summed E-state index contributed by atoms with van der Waals surface area (Å²) in [5, 5.41) is 13.2. The van der Waals surface area contributed by atoms with Crippen LogP contribution in [0.4, 0.5) is 0 Å². The number of fused-ring (bicyclic) bond motifs is 2. The fraction of sp³-hybridized carbons (Fsp3) is 0.150. The van der Waals surface area contributed by atoms with Gasteiger partial charge in [-0.1, -0.05) is 30.3 Å². The molecule has 0 aliphatic rings. The van der Waals surface area contributed by atoms with Gasteiger partial charge < -0.3 is 10.1 Å². The third-order valence-electron chi connectivity index (χ3n) is 4.21. The van der Waals surface area contributed by atoms with E-state index in [1.807, 2.05) is 43.3 Å². The van der Waals surface area contributed by atoms with Gasteiger partial charge in [0.05, 0.1) is 12.1 Å². The number of hydrogen-bond acceptors (Lipinski definition) is 4. The molecule has 1 amide bonds. The monoisotopic (exact) mass is 346 g/mol. The molecule has 0 aliphatic heterocycles. The zero-order valence-corrected chi connectivity index (χ0v) is 14.3. The smallest absolute Gasteiger partial charge is 0.252 e. The van der Waals surface area contributed by atoms with Crippen molar-refractivity contribution in [3.05, 3.63) is 72.2 Å². The first-order chi connectivity index (χ1) is 12.7. The van der Waals surface area contributed by atoms with Gasteiger partial charge in [-0.25, -0.2) is 0 Å². The summed E-state index contributed by atoms with van der Waals surface area (Å²) in [7, 11) is 0. The number of aromatic nitrogens is 3. The second kappa shape index (κ2) is 6.84. The molecular formula is C20H18N4O2. The molecule has 0 saturated carbocycles. The van der Waals surface area contributed by atoms with Crippen LogP contribution in [0.2, 0.25) is 0 Å². The van der Waals surface area contributed by atoms with Crippen LogP contribution in [0, 0.1) is 6.92 Å². The van der Waals surface area contributed by atoms with Gasteiger partial charge in [-0.3, -0.25) is 9.20 Å². The van der Waals surface area contributed by atoms with Crippen molar-refractivity contribution in [2.75, 3.05) is 13.2 Å². The maximum absolute atomic E-state index is 12.3. The first kappa shape index (κ1) is 16.1. The van der Waals surface area contributed by atoms with E-state index in [4.69, 9.17) is 4.74 Å². The molecule has 2 aromatic heterocycles. The summed E-state index contributed by atoms with van der Waals surface area (Å²) in [5.74, 6) is 1.39. The van der Waals surface area contributed by atoms with E-state index in [2.05, 4.69) is 21.6 Å². The van der Waals surface area contributed by atoms with Gasteiger partial charge in [-0.2, -0.15) is 0 Å². The lowest BCUT2D eigenvalue weighted by Crippen LogP contribution is -2.28. The minimum absolute atomic E-state index is 0.151. The Hall–Kier alpha value is -3.41. The van der Waals surface area contributed by atoms with E-state index < -0.39 is 0 Å². The molecule has 1 N–H and O–H groups in total. The zero-order valence-electron chi connectivity index (χ0n) is 14.3. The highest BCUT2D eigenvalue weighted by Crippen LogP contribution is 2.20. The Morgan fingerprint density at radius 3 is 2.81 bits per heavy atom. The van der Waals surface area contributed by atoms with Crippen LogP contribution in [0.3, 0.4) is 0 Å². The number of amides is 1. The number of hydrogen-bond donors (Lipinski definition) is 1. The first-order valence-corrected chi connectivity index (χ1v) is 8.42. The van der Waals surface area contributed by atoms with E-state index in [1.54, 1.807) is 22.7 Å². The maximum Gasteiger partial charge on any atom is 0.252 e. The molecule has 0 spiro atoms. The van der Waals surface area contributed by atoms with Crippen molar-refractivity contribution in [2.24, 2.45) is 0 Å². The predicted octanol–water partition coefficient (Wildman–Crippen LogP) is 3.00. The van der Waals surface area contributed by atoms with Crippen molar-refractivity contribution in [2.45, 2.75) is 6.92 Å². The lowest BCUT2D eigenvalue weighted by molar-refractivity contribution is 0.0946. The maximum atomic E-state index is 12.3. The molecule has 2 heterocycles. The lowest BCUT2D eigenvalue weighted by atomic mass is 10.1. The first-order valence-electron chi connectivity index (χ1n) is 8.42. The molecule has 0 radical (unpaired) electrons. The van der Waals surface area contributed by atoms with Crippen LogP contribution >= 0.6 is 0 Å². The number of nitrogens with one attached hydrogen (secondary N) is 1. The minimum atomic E-state index is -0.151. The average molecular weight is 346 g/mol. The molecule has 130 valence electrons. The molecule has 0 unspecified atom stereocenters. The van der Waals surface area contributed by atoms with E-state index in [0.29, 0.717) is 18.7 Å². The van der Waals surface area contributed by atoms with Crippen LogP contribution in [0.1, 0.15) is 16.2 Å². The minimum Gasteiger partial charge on any atom is -0.492 e. The molecule has 0 saturated heterocycles. The lowest BCUT2D eigenvalue weighted by Gasteiger charge is -2.09. The van der Waals surface area contributed by atoms with Crippen LogP contribution in [-0.2, 0) is 0 Å². The van der Waals surface area contributed by atoms with Crippen molar-refractivity contribution in [3.8, 4) is 5.75 Å². The molecule has 4 aromatic rings. The predicted molar refractivity (Wildman–Crippen MR) is 99.5 cm³/mol. The van der Waals surface area contributed by atoms with Crippen molar-refractivity contribution >= 4 is 22.3 Å². The number of aryl methyl sites for hydroxylation is 1. The van der Waals surface area contributed by atoms with Gasteiger partial charge in [0, 0.05) is 6.20 Å². The standard InChI is InChI=1S/C20H18N4O2/c1-14-22-23-19-9-7-17(13-24(14)19)20(25)21-10-11-26-18-8-6-15-4-2-3-5-16(15)12-18/h2-9,12-13H,10-11H2,1H3,(H,21,25). The largest absolute Gasteiger partial charge is 0.492 e. The Labute approximate surface area is 150 Å². The van der Waals surface area contributed by atoms with Crippen LogP contribution < -0.4 is 10.1 Å². The Morgan fingerprint density at radius 1 is 1.08 bits per heavy atom. The summed E-state index contributed by atoms with van der Waals surface area (Å²) >= 11 is 0. The van der Waals surface area contributed by atoms with Crippen molar-refractivity contribution in [1.29, 1.82) is 0 Å². The number of pyridine rings is 1. The molecule has 0 aliphatic carbocycles. The van der Waals surface area contributed by atoms with Gasteiger partial charge in [0.2, 0.25) is 0 Å². The van der Waals surface area contributed by atoms with Gasteiger partial charge in [-0.05, 0) is 42.0 Å². The Kier molecular flexibility index (Phi) is 4.23. The van der Waals surface area contributed by atoms with Crippen LogP contribution in [0.15, 0.2) is 60.8 Å². The van der Waals surface area contributed by atoms with Gasteiger partial charge in [-0.15, -0.1) is 10.2 Å². The number of carbonyl (C=O) groups excluding carboxylic acids is 1. The van der Waals surface area contributed by atoms with E-state index >= 15 is 0 Å². The number of rotatable bonds is 5. The molecule has 6 heteroatoms. The summed E-state index contributed by atoms with van der Waals surface area (Å²) in [6.07, 6.45) is 1.74. The van der Waals surface area contributed by atoms with E-state index in [-0.39, 0.29) is 5.91 Å². The normalized spacial score (nSPS) is 11.0. The highest BCUT2D eigenvalue weighted by atomic mass is 16.5. The topological polar surface area (TPSA) is 68.5 Å². The third-order valence-corrected chi connectivity index (χ3v) is 4.21. The van der Waals surface area contributed by atoms with Gasteiger partial charge in [0.25, 0.3) is 5.91 Å². The summed E-state index contributed by atoms with van der Waals surface area (Å²) in [4.78, 5) is 12.3. The quantitative estimate of drug-likeness (QED) is 0.564. The number of carbonyl (C=O) groups is 1. The van der Waals surface area contributed by atoms with Crippen LogP contribution in [0.5, 0.6) is 5.75 Å². The number of benzene rings is 2. The summed E-state index contributed by atoms with van der Waals surface area (Å²) in [5.41, 5.74) is 1.28. The van der Waals surface area contributed by atoms with Crippen molar-refractivity contribution < 1.29 is 9.53 Å². The van der Waals surface area contributed by atoms with E-state index in [1.165, 1.54) is 5.39 Å².